The molecule has 0 spiro atoms. The molecule has 1 rings (SSSR count). The van der Waals surface area contributed by atoms with Crippen molar-refractivity contribution in [3.8, 4) is 0 Å². The molecule has 1 saturated heterocycles. The summed E-state index contributed by atoms with van der Waals surface area (Å²) in [7, 11) is 0. The van der Waals surface area contributed by atoms with E-state index in [1.165, 1.54) is 89.9 Å². The Morgan fingerprint density at radius 1 is 0.493 bits per heavy atom. The smallest absolute Gasteiger partial charge is 0.220 e. The van der Waals surface area contributed by atoms with Gasteiger partial charge in [-0.2, -0.15) is 0 Å². The van der Waals surface area contributed by atoms with E-state index in [9.17, 15) is 30.3 Å². The fourth-order valence-corrected chi connectivity index (χ4v) is 8.27. The second-order valence-electron chi connectivity index (χ2n) is 19.3. The van der Waals surface area contributed by atoms with Gasteiger partial charge in [0.25, 0.3) is 0 Å². The Bertz CT molecular complexity index is 1600. The number of hydrogen-bond acceptors (Lipinski definition) is 8. The van der Waals surface area contributed by atoms with Crippen LogP contribution in [-0.2, 0) is 14.3 Å². The molecule has 1 amide bonds. The number of unbranched alkanes of at least 4 members (excludes halogenated alkanes) is 18. The van der Waals surface area contributed by atoms with Gasteiger partial charge in [0.05, 0.1) is 25.4 Å². The third-order valence-electron chi connectivity index (χ3n) is 12.8. The molecular formula is C64H105NO8. The van der Waals surface area contributed by atoms with E-state index in [1.54, 1.807) is 6.08 Å². The molecule has 1 aliphatic rings. The van der Waals surface area contributed by atoms with Crippen molar-refractivity contribution in [2.75, 3.05) is 13.2 Å². The normalized spacial score (nSPS) is 20.1. The molecule has 7 atom stereocenters. The zero-order valence-corrected chi connectivity index (χ0v) is 45.8. The molecule has 1 aliphatic heterocycles. The summed E-state index contributed by atoms with van der Waals surface area (Å²) < 4.78 is 11.2. The van der Waals surface area contributed by atoms with E-state index < -0.39 is 49.5 Å². The van der Waals surface area contributed by atoms with Gasteiger partial charge < -0.3 is 40.3 Å². The average Bonchev–Trinajstić information content (AvgIpc) is 3.39. The van der Waals surface area contributed by atoms with Crippen LogP contribution in [-0.4, -0.2) is 87.5 Å². The number of allylic oxidation sites excluding steroid dienone is 21. The van der Waals surface area contributed by atoms with Crippen molar-refractivity contribution in [1.29, 1.82) is 0 Å². The summed E-state index contributed by atoms with van der Waals surface area (Å²) in [5, 5.41) is 54.1. The molecule has 0 saturated carbocycles. The number of ether oxygens (including phenoxy) is 2. The van der Waals surface area contributed by atoms with Gasteiger partial charge in [-0.25, -0.2) is 0 Å². The number of amides is 1. The Labute approximate surface area is 445 Å². The topological polar surface area (TPSA) is 149 Å². The van der Waals surface area contributed by atoms with Crippen molar-refractivity contribution in [2.24, 2.45) is 0 Å². The summed E-state index contributed by atoms with van der Waals surface area (Å²) in [6, 6.07) is -0.833. The van der Waals surface area contributed by atoms with E-state index in [4.69, 9.17) is 9.47 Å². The summed E-state index contributed by atoms with van der Waals surface area (Å²) in [5.41, 5.74) is 0. The first-order valence-electron chi connectivity index (χ1n) is 28.9. The summed E-state index contributed by atoms with van der Waals surface area (Å²) in [4.78, 5) is 13.0. The molecule has 7 unspecified atom stereocenters. The van der Waals surface area contributed by atoms with E-state index in [2.05, 4.69) is 128 Å². The largest absolute Gasteiger partial charge is 0.394 e. The van der Waals surface area contributed by atoms with Crippen molar-refractivity contribution >= 4 is 5.91 Å². The van der Waals surface area contributed by atoms with Crippen LogP contribution in [0.1, 0.15) is 206 Å². The van der Waals surface area contributed by atoms with Crippen molar-refractivity contribution in [3.05, 3.63) is 134 Å². The first kappa shape index (κ1) is 67.3. The van der Waals surface area contributed by atoms with Crippen molar-refractivity contribution in [2.45, 2.75) is 249 Å². The molecule has 414 valence electrons. The highest BCUT2D eigenvalue weighted by atomic mass is 16.7. The Morgan fingerprint density at radius 3 is 1.32 bits per heavy atom. The fourth-order valence-electron chi connectivity index (χ4n) is 8.27. The molecule has 0 aromatic carbocycles. The van der Waals surface area contributed by atoms with Gasteiger partial charge in [-0.1, -0.05) is 230 Å². The third-order valence-corrected chi connectivity index (χ3v) is 12.8. The van der Waals surface area contributed by atoms with Crippen LogP contribution in [0.3, 0.4) is 0 Å². The molecular weight excluding hydrogens is 911 g/mol. The van der Waals surface area contributed by atoms with Crippen LogP contribution < -0.4 is 5.32 Å². The lowest BCUT2D eigenvalue weighted by Crippen LogP contribution is -2.60. The van der Waals surface area contributed by atoms with E-state index >= 15 is 0 Å². The summed E-state index contributed by atoms with van der Waals surface area (Å²) in [6.07, 6.45) is 72.9. The van der Waals surface area contributed by atoms with Crippen LogP contribution in [0, 0.1) is 0 Å². The zero-order valence-electron chi connectivity index (χ0n) is 45.8. The minimum atomic E-state index is -1.58. The first-order valence-corrected chi connectivity index (χ1v) is 28.9. The van der Waals surface area contributed by atoms with Gasteiger partial charge in [0.1, 0.15) is 24.4 Å². The van der Waals surface area contributed by atoms with Gasteiger partial charge in [0, 0.05) is 6.42 Å². The predicted molar refractivity (Wildman–Crippen MR) is 308 cm³/mol. The van der Waals surface area contributed by atoms with Gasteiger partial charge in [0.2, 0.25) is 5.91 Å². The number of aliphatic hydroxyl groups excluding tert-OH is 5. The maximum Gasteiger partial charge on any atom is 0.220 e. The molecule has 9 heteroatoms. The van der Waals surface area contributed by atoms with Gasteiger partial charge in [-0.3, -0.25) is 4.79 Å². The van der Waals surface area contributed by atoms with Gasteiger partial charge in [0.15, 0.2) is 6.29 Å². The van der Waals surface area contributed by atoms with E-state index in [0.29, 0.717) is 6.42 Å². The number of carbonyl (C=O) groups excluding carboxylic acids is 1. The van der Waals surface area contributed by atoms with Gasteiger partial charge in [-0.05, 0) is 103 Å². The number of nitrogens with one attached hydrogen (secondary N) is 1. The standard InChI is InChI=1S/C64H105NO8/c1-3-5-7-9-11-13-14-15-16-17-18-19-20-21-22-23-24-25-26-27-28-29-30-31-32-33-34-35-36-37-38-39-40-41-42-43-44-46-48-50-52-54-60(68)65-57(58(67)53-51-49-47-45-12-10-8-6-4-2)56-72-64-63(71)62(70)61(69)59(55-66)73-64/h4-7,11-13,15-16,18-19,21-22,24-25,27-28,30-31,45,51,53,57-59,61-64,66-67,69-71H,3,8-10,14,17,20,23,26,29,32-44,46-50,52,54-56H2,1-2H3,(H,65,68)/b6-4+,7-5-,13-11-,16-15-,19-18-,22-21-,25-24-,28-27-,31-30-,45-12+,53-51+. The first-order chi connectivity index (χ1) is 35.8. The highest BCUT2D eigenvalue weighted by molar-refractivity contribution is 5.76. The fraction of sp³-hybridized carbons (Fsp3) is 0.641. The highest BCUT2D eigenvalue weighted by Gasteiger charge is 2.44. The molecule has 1 fully saturated rings. The number of hydrogen-bond donors (Lipinski definition) is 6. The monoisotopic (exact) mass is 1020 g/mol. The van der Waals surface area contributed by atoms with E-state index in [1.807, 2.05) is 19.1 Å². The van der Waals surface area contributed by atoms with Crippen molar-refractivity contribution in [1.82, 2.24) is 5.32 Å². The SMILES string of the molecule is C/C=C/CC/C=C/CC/C=C/C(O)C(COC1OC(CO)C(O)C(O)C1O)NC(=O)CCCCCCCCCCCCCCCCCC/C=C\C/C=C\C/C=C\C/C=C\C/C=C\C/C=C\C/C=C\C/C=C\CC. The lowest BCUT2D eigenvalue weighted by atomic mass is 9.99. The predicted octanol–water partition coefficient (Wildman–Crippen LogP) is 14.5. The van der Waals surface area contributed by atoms with Crippen LogP contribution in [0.5, 0.6) is 0 Å². The minimum Gasteiger partial charge on any atom is -0.394 e. The lowest BCUT2D eigenvalue weighted by Gasteiger charge is -2.40. The van der Waals surface area contributed by atoms with E-state index in [0.717, 1.165) is 96.3 Å². The molecule has 0 radical (unpaired) electrons. The Balaban J connectivity index is 2.05. The Hall–Kier alpha value is -3.67. The molecule has 9 nitrogen and oxygen atoms in total. The van der Waals surface area contributed by atoms with Crippen LogP contribution >= 0.6 is 0 Å². The minimum absolute atomic E-state index is 0.199. The molecule has 1 heterocycles. The average molecular weight is 1020 g/mol. The highest BCUT2D eigenvalue weighted by Crippen LogP contribution is 2.23. The molecule has 73 heavy (non-hydrogen) atoms. The van der Waals surface area contributed by atoms with Crippen molar-refractivity contribution in [3.63, 3.8) is 0 Å². The maximum absolute atomic E-state index is 13.0. The van der Waals surface area contributed by atoms with Gasteiger partial charge in [-0.15, -0.1) is 0 Å². The second kappa shape index (κ2) is 51.8. The summed E-state index contributed by atoms with van der Waals surface area (Å²) in [6.45, 7) is 3.38. The zero-order chi connectivity index (χ0) is 52.9. The molecule has 0 bridgehead atoms. The molecule has 0 aliphatic carbocycles. The van der Waals surface area contributed by atoms with Crippen molar-refractivity contribution < 1.29 is 39.8 Å². The molecule has 6 N–H and O–H groups in total. The van der Waals surface area contributed by atoms with Crippen LogP contribution in [0.25, 0.3) is 0 Å². The quantitative estimate of drug-likeness (QED) is 0.0261. The summed E-state index contributed by atoms with van der Waals surface area (Å²) in [5.74, 6) is -0.199. The number of aliphatic hydroxyl groups is 5. The van der Waals surface area contributed by atoms with Gasteiger partial charge >= 0.3 is 0 Å². The van der Waals surface area contributed by atoms with Crippen LogP contribution in [0.15, 0.2) is 134 Å². The second-order valence-corrected chi connectivity index (χ2v) is 19.3. The number of carbonyl (C=O) groups is 1. The van der Waals surface area contributed by atoms with Crippen LogP contribution in [0.4, 0.5) is 0 Å². The van der Waals surface area contributed by atoms with E-state index in [-0.39, 0.29) is 12.5 Å². The Kier molecular flexibility index (Phi) is 47.8. The van der Waals surface area contributed by atoms with Crippen LogP contribution in [0.2, 0.25) is 0 Å². The maximum atomic E-state index is 13.0. The Morgan fingerprint density at radius 2 is 0.877 bits per heavy atom. The third kappa shape index (κ3) is 41.3. The molecule has 0 aromatic heterocycles. The molecule has 0 aromatic rings. The number of rotatable bonds is 47. The summed E-state index contributed by atoms with van der Waals surface area (Å²) >= 11 is 0. The lowest BCUT2D eigenvalue weighted by molar-refractivity contribution is -0.302.